The third-order valence-electron chi connectivity index (χ3n) is 4.71. The molecule has 130 valence electrons. The third kappa shape index (κ3) is 3.13. The highest BCUT2D eigenvalue weighted by Crippen LogP contribution is 2.39. The number of methoxy groups -OCH3 is 3. The summed E-state index contributed by atoms with van der Waals surface area (Å²) in [5.41, 5.74) is 2.35. The first-order valence-corrected chi connectivity index (χ1v) is 8.20. The van der Waals surface area contributed by atoms with Gasteiger partial charge in [0, 0.05) is 13.0 Å². The fourth-order valence-electron chi connectivity index (χ4n) is 3.38. The van der Waals surface area contributed by atoms with Crippen molar-refractivity contribution in [3.05, 3.63) is 53.1 Å². The molecule has 0 spiro atoms. The highest BCUT2D eigenvalue weighted by molar-refractivity contribution is 5.53. The molecule has 0 aromatic heterocycles. The molecule has 2 aromatic rings. The minimum Gasteiger partial charge on any atom is -0.497 e. The number of benzene rings is 2. The Morgan fingerprint density at radius 1 is 1.04 bits per heavy atom. The van der Waals surface area contributed by atoms with Crippen LogP contribution in [0.5, 0.6) is 17.2 Å². The standard InChI is InChI=1S/C20H22N2O3/c1-23-16-6-4-14(5-7-16)12-20(13-21)17-11-19(25-3)18(24-2)10-15(17)8-9-22-20/h4-7,10-11,22H,8-9,12H2,1-3H3. The van der Waals surface area contributed by atoms with Crippen LogP contribution in [0.4, 0.5) is 0 Å². The third-order valence-corrected chi connectivity index (χ3v) is 4.71. The van der Waals surface area contributed by atoms with Gasteiger partial charge >= 0.3 is 0 Å². The summed E-state index contributed by atoms with van der Waals surface area (Å²) in [6, 6.07) is 14.2. The predicted molar refractivity (Wildman–Crippen MR) is 95.2 cm³/mol. The molecule has 0 aliphatic carbocycles. The molecule has 0 fully saturated rings. The fraction of sp³-hybridized carbons (Fsp3) is 0.350. The number of rotatable bonds is 5. The van der Waals surface area contributed by atoms with Gasteiger partial charge in [-0.3, -0.25) is 5.32 Å². The summed E-state index contributed by atoms with van der Waals surface area (Å²) in [5, 5.41) is 13.4. The van der Waals surface area contributed by atoms with Gasteiger partial charge in [0.05, 0.1) is 27.4 Å². The normalized spacial score (nSPS) is 18.8. The van der Waals surface area contributed by atoms with Crippen LogP contribution in [-0.4, -0.2) is 27.9 Å². The van der Waals surface area contributed by atoms with E-state index in [2.05, 4.69) is 11.4 Å². The Balaban J connectivity index is 2.03. The Morgan fingerprint density at radius 2 is 1.72 bits per heavy atom. The first-order valence-electron chi connectivity index (χ1n) is 8.20. The van der Waals surface area contributed by atoms with Crippen molar-refractivity contribution >= 4 is 0 Å². The largest absolute Gasteiger partial charge is 0.497 e. The summed E-state index contributed by atoms with van der Waals surface area (Å²) in [6.45, 7) is 0.742. The minimum absolute atomic E-state index is 0.565. The molecule has 2 aromatic carbocycles. The lowest BCUT2D eigenvalue weighted by atomic mass is 9.79. The number of fused-ring (bicyclic) bond motifs is 1. The monoisotopic (exact) mass is 338 g/mol. The molecule has 1 N–H and O–H groups in total. The van der Waals surface area contributed by atoms with Crippen molar-refractivity contribution in [3.63, 3.8) is 0 Å². The van der Waals surface area contributed by atoms with Gasteiger partial charge in [0.1, 0.15) is 11.3 Å². The summed E-state index contributed by atoms with van der Waals surface area (Å²) in [4.78, 5) is 0. The van der Waals surface area contributed by atoms with Crippen molar-refractivity contribution in [2.24, 2.45) is 0 Å². The second kappa shape index (κ2) is 7.04. The Kier molecular flexibility index (Phi) is 4.82. The van der Waals surface area contributed by atoms with Gasteiger partial charge in [-0.1, -0.05) is 12.1 Å². The zero-order valence-corrected chi connectivity index (χ0v) is 14.8. The number of ether oxygens (including phenoxy) is 3. The zero-order chi connectivity index (χ0) is 17.9. The maximum atomic E-state index is 10.0. The van der Waals surface area contributed by atoms with Crippen molar-refractivity contribution in [2.45, 2.75) is 18.4 Å². The van der Waals surface area contributed by atoms with E-state index in [0.717, 1.165) is 35.4 Å². The first-order chi connectivity index (χ1) is 12.2. The molecule has 3 rings (SSSR count). The Labute approximate surface area is 148 Å². The van der Waals surface area contributed by atoms with Gasteiger partial charge in [-0.15, -0.1) is 0 Å². The van der Waals surface area contributed by atoms with E-state index < -0.39 is 5.54 Å². The van der Waals surface area contributed by atoms with Crippen LogP contribution in [0.1, 0.15) is 16.7 Å². The summed E-state index contributed by atoms with van der Waals surface area (Å²) in [5.74, 6) is 2.14. The van der Waals surface area contributed by atoms with Crippen LogP contribution < -0.4 is 19.5 Å². The van der Waals surface area contributed by atoms with Crippen LogP contribution in [-0.2, 0) is 18.4 Å². The average Bonchev–Trinajstić information content (AvgIpc) is 2.67. The molecule has 5 heteroatoms. The fourth-order valence-corrected chi connectivity index (χ4v) is 3.38. The van der Waals surface area contributed by atoms with Gasteiger partial charge in [-0.25, -0.2) is 0 Å². The zero-order valence-electron chi connectivity index (χ0n) is 14.8. The molecular weight excluding hydrogens is 316 g/mol. The van der Waals surface area contributed by atoms with E-state index in [4.69, 9.17) is 14.2 Å². The number of hydrogen-bond donors (Lipinski definition) is 1. The molecule has 0 bridgehead atoms. The average molecular weight is 338 g/mol. The van der Waals surface area contributed by atoms with Crippen LogP contribution in [0.3, 0.4) is 0 Å². The summed E-state index contributed by atoms with van der Waals surface area (Å²) < 4.78 is 16.1. The van der Waals surface area contributed by atoms with Crippen LogP contribution in [0, 0.1) is 11.3 Å². The molecule has 1 unspecified atom stereocenters. The summed E-state index contributed by atoms with van der Waals surface area (Å²) >= 11 is 0. The Bertz CT molecular complexity index is 796. The molecule has 1 aliphatic heterocycles. The van der Waals surface area contributed by atoms with E-state index >= 15 is 0 Å². The molecule has 0 saturated heterocycles. The lowest BCUT2D eigenvalue weighted by Gasteiger charge is -2.35. The van der Waals surface area contributed by atoms with Crippen molar-refractivity contribution < 1.29 is 14.2 Å². The summed E-state index contributed by atoms with van der Waals surface area (Å²) in [6.07, 6.45) is 1.41. The molecule has 25 heavy (non-hydrogen) atoms. The SMILES string of the molecule is COc1ccc(CC2(C#N)NCCc3cc(OC)c(OC)cc32)cc1. The van der Waals surface area contributed by atoms with Gasteiger partial charge in [0.15, 0.2) is 11.5 Å². The highest BCUT2D eigenvalue weighted by atomic mass is 16.5. The molecule has 5 nitrogen and oxygen atoms in total. The number of nitriles is 1. The second-order valence-corrected chi connectivity index (χ2v) is 6.08. The lowest BCUT2D eigenvalue weighted by molar-refractivity contribution is 0.347. The van der Waals surface area contributed by atoms with E-state index in [1.54, 1.807) is 21.3 Å². The van der Waals surface area contributed by atoms with Gasteiger partial charge in [0.2, 0.25) is 0 Å². The summed E-state index contributed by atoms with van der Waals surface area (Å²) in [7, 11) is 4.88. The van der Waals surface area contributed by atoms with Crippen molar-refractivity contribution in [1.82, 2.24) is 5.32 Å². The predicted octanol–water partition coefficient (Wildman–Crippen LogP) is 2.82. The van der Waals surface area contributed by atoms with E-state index in [9.17, 15) is 5.26 Å². The quantitative estimate of drug-likeness (QED) is 0.908. The second-order valence-electron chi connectivity index (χ2n) is 6.08. The minimum atomic E-state index is -0.790. The van der Waals surface area contributed by atoms with E-state index in [0.29, 0.717) is 17.9 Å². The molecule has 0 radical (unpaired) electrons. The molecule has 1 aliphatic rings. The molecule has 1 heterocycles. The topological polar surface area (TPSA) is 63.5 Å². The van der Waals surface area contributed by atoms with Crippen LogP contribution >= 0.6 is 0 Å². The van der Waals surface area contributed by atoms with Gasteiger partial charge in [-0.05, 0) is 47.4 Å². The number of hydrogen-bond acceptors (Lipinski definition) is 5. The van der Waals surface area contributed by atoms with E-state index in [-0.39, 0.29) is 0 Å². The Morgan fingerprint density at radius 3 is 2.32 bits per heavy atom. The van der Waals surface area contributed by atoms with Crippen LogP contribution in [0.2, 0.25) is 0 Å². The Hall–Kier alpha value is -2.71. The van der Waals surface area contributed by atoms with Gasteiger partial charge in [-0.2, -0.15) is 5.26 Å². The van der Waals surface area contributed by atoms with Gasteiger partial charge in [0.25, 0.3) is 0 Å². The smallest absolute Gasteiger partial charge is 0.161 e. The van der Waals surface area contributed by atoms with E-state index in [1.807, 2.05) is 36.4 Å². The van der Waals surface area contributed by atoms with Crippen LogP contribution in [0.25, 0.3) is 0 Å². The lowest BCUT2D eigenvalue weighted by Crippen LogP contribution is -2.48. The van der Waals surface area contributed by atoms with Crippen molar-refractivity contribution in [1.29, 1.82) is 5.26 Å². The van der Waals surface area contributed by atoms with Crippen molar-refractivity contribution in [2.75, 3.05) is 27.9 Å². The molecule has 1 atom stereocenters. The highest BCUT2D eigenvalue weighted by Gasteiger charge is 2.38. The maximum absolute atomic E-state index is 10.0. The van der Waals surface area contributed by atoms with Gasteiger partial charge < -0.3 is 14.2 Å². The van der Waals surface area contributed by atoms with E-state index in [1.165, 1.54) is 0 Å². The molecular formula is C20H22N2O3. The molecule has 0 saturated carbocycles. The molecule has 0 amide bonds. The number of nitrogens with zero attached hydrogens (tertiary/aromatic N) is 1. The number of nitrogens with one attached hydrogen (secondary N) is 1. The first kappa shape index (κ1) is 17.1. The maximum Gasteiger partial charge on any atom is 0.161 e. The van der Waals surface area contributed by atoms with Crippen LogP contribution in [0.15, 0.2) is 36.4 Å². The van der Waals surface area contributed by atoms with Crippen molar-refractivity contribution in [3.8, 4) is 23.3 Å².